The third kappa shape index (κ3) is 5.83. The standard InChI is InChI=1S/C31H23O.CHF3O3S/c1-4-10-22(11-5-1)26-17-16-24-18-19-27-28(23-12-6-2-7-13-23)21-30(25-14-8-3-9-15-25)32-31(27)29(24)20-26;2-1(3,4)8(5,6)7/h1-17,20-21H,18-19H2;(H,5,6,7)/q+1;/p-1. The van der Waals surface area contributed by atoms with Crippen molar-refractivity contribution in [2.75, 3.05) is 0 Å². The molecule has 0 bridgehead atoms. The lowest BCUT2D eigenvalue weighted by molar-refractivity contribution is -0.0517. The molecule has 4 nitrogen and oxygen atoms in total. The third-order valence-corrected chi connectivity index (χ3v) is 7.19. The second-order valence-corrected chi connectivity index (χ2v) is 10.6. The Bertz CT molecular complexity index is 1740. The molecule has 1 aliphatic carbocycles. The van der Waals surface area contributed by atoms with E-state index in [-0.39, 0.29) is 0 Å². The predicted octanol–water partition coefficient (Wildman–Crippen LogP) is 8.38. The highest BCUT2D eigenvalue weighted by Crippen LogP contribution is 2.43. The monoisotopic (exact) mass is 560 g/mol. The molecule has 202 valence electrons. The van der Waals surface area contributed by atoms with Gasteiger partial charge in [-0.1, -0.05) is 91.0 Å². The first-order chi connectivity index (χ1) is 19.1. The zero-order valence-corrected chi connectivity index (χ0v) is 21.9. The van der Waals surface area contributed by atoms with Gasteiger partial charge in [0.05, 0.1) is 22.8 Å². The van der Waals surface area contributed by atoms with Gasteiger partial charge in [0.15, 0.2) is 10.1 Å². The molecule has 1 aromatic heterocycles. The molecule has 1 aliphatic rings. The Morgan fingerprint density at radius 2 is 1.15 bits per heavy atom. The van der Waals surface area contributed by atoms with Crippen molar-refractivity contribution in [2.24, 2.45) is 0 Å². The van der Waals surface area contributed by atoms with Crippen molar-refractivity contribution in [2.45, 2.75) is 18.3 Å². The Kier molecular flexibility index (Phi) is 7.56. The summed E-state index contributed by atoms with van der Waals surface area (Å²) in [5.41, 5.74) is 4.26. The van der Waals surface area contributed by atoms with Gasteiger partial charge in [0.1, 0.15) is 0 Å². The van der Waals surface area contributed by atoms with Gasteiger partial charge in [-0.25, -0.2) is 12.8 Å². The van der Waals surface area contributed by atoms with Crippen LogP contribution in [0.3, 0.4) is 0 Å². The molecule has 0 amide bonds. The molecule has 0 saturated carbocycles. The van der Waals surface area contributed by atoms with Crippen LogP contribution in [0.25, 0.3) is 44.9 Å². The molecule has 0 spiro atoms. The molecule has 0 fully saturated rings. The van der Waals surface area contributed by atoms with Crippen LogP contribution in [0.5, 0.6) is 0 Å². The minimum absolute atomic E-state index is 0.904. The first kappa shape index (κ1) is 27.3. The van der Waals surface area contributed by atoms with Crippen molar-refractivity contribution < 1.29 is 30.6 Å². The minimum Gasteiger partial charge on any atom is -0.741 e. The van der Waals surface area contributed by atoms with Gasteiger partial charge in [0.25, 0.3) is 0 Å². The van der Waals surface area contributed by atoms with Crippen molar-refractivity contribution >= 4 is 10.1 Å². The highest BCUT2D eigenvalue weighted by Gasteiger charge is 2.37. The van der Waals surface area contributed by atoms with Crippen LogP contribution in [0.1, 0.15) is 11.1 Å². The van der Waals surface area contributed by atoms with E-state index in [1.807, 2.05) is 6.07 Å². The van der Waals surface area contributed by atoms with E-state index in [1.165, 1.54) is 38.9 Å². The molecular weight excluding hydrogens is 537 g/mol. The lowest BCUT2D eigenvalue weighted by Gasteiger charge is -2.17. The molecule has 0 radical (unpaired) electrons. The summed E-state index contributed by atoms with van der Waals surface area (Å²) in [6.07, 6.45) is 2.01. The van der Waals surface area contributed by atoms with Crippen LogP contribution >= 0.6 is 0 Å². The molecule has 4 aromatic carbocycles. The molecule has 1 heterocycles. The molecule has 8 heteroatoms. The Balaban J connectivity index is 0.000000355. The van der Waals surface area contributed by atoms with Crippen molar-refractivity contribution in [3.63, 3.8) is 0 Å². The van der Waals surface area contributed by atoms with Crippen molar-refractivity contribution in [1.82, 2.24) is 0 Å². The highest BCUT2D eigenvalue weighted by atomic mass is 32.2. The minimum atomic E-state index is -6.09. The Morgan fingerprint density at radius 1 is 0.625 bits per heavy atom. The van der Waals surface area contributed by atoms with Crippen LogP contribution in [0.15, 0.2) is 120 Å². The Morgan fingerprint density at radius 3 is 1.70 bits per heavy atom. The van der Waals surface area contributed by atoms with E-state index in [4.69, 9.17) is 17.4 Å². The number of benzene rings is 4. The quantitative estimate of drug-likeness (QED) is 0.126. The number of hydrogen-bond donors (Lipinski definition) is 0. The highest BCUT2D eigenvalue weighted by molar-refractivity contribution is 7.86. The lowest BCUT2D eigenvalue weighted by Crippen LogP contribution is -2.21. The van der Waals surface area contributed by atoms with Crippen LogP contribution < -0.4 is 0 Å². The molecule has 6 rings (SSSR count). The Labute approximate surface area is 230 Å². The lowest BCUT2D eigenvalue weighted by atomic mass is 9.84. The molecule has 0 N–H and O–H groups in total. The molecule has 5 aromatic rings. The van der Waals surface area contributed by atoms with Crippen LogP contribution in [-0.2, 0) is 23.0 Å². The van der Waals surface area contributed by atoms with E-state index in [2.05, 4.69) is 109 Å². The van der Waals surface area contributed by atoms with E-state index >= 15 is 0 Å². The maximum Gasteiger partial charge on any atom is 0.485 e. The molecule has 0 atom stereocenters. The number of fused-ring (bicyclic) bond motifs is 3. The van der Waals surface area contributed by atoms with Crippen LogP contribution in [0.2, 0.25) is 0 Å². The maximum atomic E-state index is 10.7. The smallest absolute Gasteiger partial charge is 0.485 e. The summed E-state index contributed by atoms with van der Waals surface area (Å²) >= 11 is 0. The number of halogens is 3. The van der Waals surface area contributed by atoms with Crippen molar-refractivity contribution in [3.8, 4) is 44.9 Å². The van der Waals surface area contributed by atoms with Gasteiger partial charge in [-0.3, -0.25) is 0 Å². The van der Waals surface area contributed by atoms with E-state index in [9.17, 15) is 13.2 Å². The molecule has 40 heavy (non-hydrogen) atoms. The fourth-order valence-electron chi connectivity index (χ4n) is 4.70. The fraction of sp³-hybridized carbons (Fsp3) is 0.0938. The van der Waals surface area contributed by atoms with Gasteiger partial charge in [-0.15, -0.1) is 0 Å². The summed E-state index contributed by atoms with van der Waals surface area (Å²) in [6.45, 7) is 0. The van der Waals surface area contributed by atoms with Gasteiger partial charge in [-0.2, -0.15) is 13.2 Å². The Hall–Kier alpha value is -4.27. The van der Waals surface area contributed by atoms with Crippen molar-refractivity contribution in [1.29, 1.82) is 0 Å². The third-order valence-electron chi connectivity index (χ3n) is 6.62. The number of hydrogen-bond acceptors (Lipinski definition) is 3. The first-order valence-electron chi connectivity index (χ1n) is 12.4. The van der Waals surface area contributed by atoms with Crippen LogP contribution in [0, 0.1) is 0 Å². The van der Waals surface area contributed by atoms with E-state index < -0.39 is 15.6 Å². The molecule has 0 unspecified atom stereocenters. The summed E-state index contributed by atoms with van der Waals surface area (Å²) in [7, 11) is -6.09. The zero-order chi connectivity index (χ0) is 28.3. The van der Waals surface area contributed by atoms with Gasteiger partial charge in [0, 0.05) is 5.56 Å². The van der Waals surface area contributed by atoms with Crippen LogP contribution in [-0.4, -0.2) is 18.5 Å². The van der Waals surface area contributed by atoms with Crippen LogP contribution in [0.4, 0.5) is 13.2 Å². The van der Waals surface area contributed by atoms with E-state index in [1.54, 1.807) is 0 Å². The summed E-state index contributed by atoms with van der Waals surface area (Å²) in [5, 5.41) is 0. The van der Waals surface area contributed by atoms with Crippen molar-refractivity contribution in [3.05, 3.63) is 126 Å². The molecule has 0 aliphatic heterocycles. The van der Waals surface area contributed by atoms with E-state index in [0.717, 1.165) is 29.9 Å². The first-order valence-corrected chi connectivity index (χ1v) is 13.8. The average molecular weight is 561 g/mol. The van der Waals surface area contributed by atoms with Gasteiger partial charge in [-0.05, 0) is 53.3 Å². The van der Waals surface area contributed by atoms with Gasteiger partial charge in [0.2, 0.25) is 0 Å². The fourth-order valence-corrected chi connectivity index (χ4v) is 4.70. The summed E-state index contributed by atoms with van der Waals surface area (Å²) < 4.78 is 65.6. The average Bonchev–Trinajstić information content (AvgIpc) is 2.97. The van der Waals surface area contributed by atoms with E-state index in [0.29, 0.717) is 0 Å². The summed E-state index contributed by atoms with van der Waals surface area (Å²) in [4.78, 5) is 0. The topological polar surface area (TPSA) is 68.5 Å². The number of aryl methyl sites for hydroxylation is 1. The number of alkyl halides is 3. The summed E-state index contributed by atoms with van der Waals surface area (Å²) in [5.74, 6) is 1.91. The summed E-state index contributed by atoms with van der Waals surface area (Å²) in [6, 6.07) is 40.7. The second-order valence-electron chi connectivity index (χ2n) is 9.20. The molecule has 0 saturated heterocycles. The maximum absolute atomic E-state index is 10.7. The predicted molar refractivity (Wildman–Crippen MR) is 148 cm³/mol. The normalized spacial score (nSPS) is 12.5. The molecular formula is C32H23F3O4S. The zero-order valence-electron chi connectivity index (χ0n) is 21.1. The largest absolute Gasteiger partial charge is 0.741 e. The SMILES string of the molecule is O=S(=O)([O-])C(F)(F)F.c1ccc(-c2ccc3c(c2)-c2[o+]c(-c4ccccc4)cc(-c4ccccc4)c2CC3)cc1. The van der Waals surface area contributed by atoms with Gasteiger partial charge >= 0.3 is 17.0 Å². The number of rotatable bonds is 3. The second kappa shape index (κ2) is 11.1. The van der Waals surface area contributed by atoms with Gasteiger partial charge < -0.3 is 4.55 Å².